The lowest BCUT2D eigenvalue weighted by atomic mass is 9.96. The Morgan fingerprint density at radius 2 is 1.94 bits per heavy atom. The van der Waals surface area contributed by atoms with Gasteiger partial charge in [0.15, 0.2) is 0 Å². The second-order valence-corrected chi connectivity index (χ2v) is 8.89. The number of methoxy groups -OCH3 is 1. The van der Waals surface area contributed by atoms with Gasteiger partial charge in [0, 0.05) is 42.7 Å². The van der Waals surface area contributed by atoms with E-state index in [9.17, 15) is 18.0 Å². The Bertz CT molecular complexity index is 1350. The molecule has 2 aromatic carbocycles. The smallest absolute Gasteiger partial charge is 0.416 e. The second kappa shape index (κ2) is 9.67. The molecule has 36 heavy (non-hydrogen) atoms. The Morgan fingerprint density at radius 1 is 1.19 bits per heavy atom. The van der Waals surface area contributed by atoms with Gasteiger partial charge in [0.1, 0.15) is 17.4 Å². The van der Waals surface area contributed by atoms with Gasteiger partial charge in [-0.15, -0.1) is 0 Å². The molecule has 0 radical (unpaired) electrons. The van der Waals surface area contributed by atoms with Gasteiger partial charge in [-0.05, 0) is 55.7 Å². The molecule has 0 saturated heterocycles. The van der Waals surface area contributed by atoms with Crippen molar-refractivity contribution in [2.24, 2.45) is 0 Å². The van der Waals surface area contributed by atoms with Crippen LogP contribution in [0.25, 0.3) is 16.5 Å². The van der Waals surface area contributed by atoms with Gasteiger partial charge in [0.05, 0.1) is 24.2 Å². The van der Waals surface area contributed by atoms with Crippen molar-refractivity contribution < 1.29 is 22.7 Å². The number of ether oxygens (including phenoxy) is 1. The predicted octanol–water partition coefficient (Wildman–Crippen LogP) is 5.36. The summed E-state index contributed by atoms with van der Waals surface area (Å²) in [7, 11) is 1.59. The molecular weight excluding hydrogens is 471 g/mol. The molecule has 0 bridgehead atoms. The molecule has 10 heteroatoms. The fourth-order valence-electron chi connectivity index (χ4n) is 4.38. The SMILES string of the molecule is COc1cc2nc(C)nc(N[C@@H](C)c3cc(N)cc(C(F)(F)F)c3)c2cc1C1=CCN(C(C)=O)CC1. The highest BCUT2D eigenvalue weighted by Gasteiger charge is 2.31. The van der Waals surface area contributed by atoms with Gasteiger partial charge < -0.3 is 20.7 Å². The van der Waals surface area contributed by atoms with E-state index >= 15 is 0 Å². The number of aromatic nitrogens is 2. The van der Waals surface area contributed by atoms with Crippen LogP contribution in [0.5, 0.6) is 5.75 Å². The highest BCUT2D eigenvalue weighted by Crippen LogP contribution is 2.37. The van der Waals surface area contributed by atoms with E-state index in [1.54, 1.807) is 32.8 Å². The largest absolute Gasteiger partial charge is 0.496 e. The minimum absolute atomic E-state index is 0.0235. The third-order valence-corrected chi connectivity index (χ3v) is 6.29. The predicted molar refractivity (Wildman–Crippen MR) is 134 cm³/mol. The molecule has 0 unspecified atom stereocenters. The molecule has 0 spiro atoms. The average Bonchev–Trinajstić information content (AvgIpc) is 2.82. The number of nitrogen functional groups attached to an aromatic ring is 1. The normalized spacial score (nSPS) is 15.0. The number of amides is 1. The number of anilines is 2. The van der Waals surface area contributed by atoms with Gasteiger partial charge in [-0.25, -0.2) is 9.97 Å². The number of benzene rings is 2. The standard InChI is InChI=1S/C26H28F3N5O2/c1-14(18-9-19(26(27,28)29)11-20(30)10-18)31-25-22-12-21(17-5-7-34(8-6-17)16(3)35)24(36-4)13-23(22)32-15(2)33-25/h5,9-14H,6-8,30H2,1-4H3,(H,31,32,33)/t14-/m0/s1. The molecule has 1 aliphatic rings. The minimum atomic E-state index is -4.50. The molecule has 1 aromatic heterocycles. The first-order valence-corrected chi connectivity index (χ1v) is 11.5. The summed E-state index contributed by atoms with van der Waals surface area (Å²) in [5.41, 5.74) is 7.93. The van der Waals surface area contributed by atoms with Gasteiger partial charge in [0.2, 0.25) is 5.91 Å². The molecule has 1 aliphatic heterocycles. The Kier molecular flexibility index (Phi) is 6.79. The van der Waals surface area contributed by atoms with E-state index in [1.807, 2.05) is 18.2 Å². The van der Waals surface area contributed by atoms with Crippen molar-refractivity contribution in [3.05, 3.63) is 58.9 Å². The number of nitrogens with zero attached hydrogens (tertiary/aromatic N) is 3. The Labute approximate surface area is 207 Å². The average molecular weight is 500 g/mol. The van der Waals surface area contributed by atoms with Crippen LogP contribution in [0.1, 0.15) is 48.8 Å². The summed E-state index contributed by atoms with van der Waals surface area (Å²) >= 11 is 0. The summed E-state index contributed by atoms with van der Waals surface area (Å²) in [5.74, 6) is 1.67. The van der Waals surface area contributed by atoms with E-state index in [-0.39, 0.29) is 11.6 Å². The molecule has 2 heterocycles. The fourth-order valence-corrected chi connectivity index (χ4v) is 4.38. The van der Waals surface area contributed by atoms with Gasteiger partial charge in [0.25, 0.3) is 0 Å². The zero-order chi connectivity index (χ0) is 26.2. The van der Waals surface area contributed by atoms with E-state index < -0.39 is 17.8 Å². The van der Waals surface area contributed by atoms with Gasteiger partial charge >= 0.3 is 6.18 Å². The zero-order valence-electron chi connectivity index (χ0n) is 20.5. The third kappa shape index (κ3) is 5.22. The Morgan fingerprint density at radius 3 is 2.56 bits per heavy atom. The zero-order valence-corrected chi connectivity index (χ0v) is 20.5. The minimum Gasteiger partial charge on any atom is -0.496 e. The molecule has 3 aromatic rings. The number of fused-ring (bicyclic) bond motifs is 1. The summed E-state index contributed by atoms with van der Waals surface area (Å²) < 4.78 is 45.6. The Balaban J connectivity index is 1.75. The van der Waals surface area contributed by atoms with Crippen molar-refractivity contribution in [3.8, 4) is 5.75 Å². The lowest BCUT2D eigenvalue weighted by Gasteiger charge is -2.26. The number of aryl methyl sites for hydroxylation is 1. The van der Waals surface area contributed by atoms with Crippen molar-refractivity contribution in [3.63, 3.8) is 0 Å². The molecule has 4 rings (SSSR count). The number of carbonyl (C=O) groups excluding carboxylic acids is 1. The summed E-state index contributed by atoms with van der Waals surface area (Å²) in [6.07, 6.45) is -1.83. The highest BCUT2D eigenvalue weighted by molar-refractivity contribution is 5.94. The van der Waals surface area contributed by atoms with Crippen molar-refractivity contribution >= 4 is 33.9 Å². The number of alkyl halides is 3. The van der Waals surface area contributed by atoms with Crippen LogP contribution in [0.2, 0.25) is 0 Å². The third-order valence-electron chi connectivity index (χ3n) is 6.29. The number of nitrogens with one attached hydrogen (secondary N) is 1. The molecule has 0 aliphatic carbocycles. The first-order valence-electron chi connectivity index (χ1n) is 11.5. The van der Waals surface area contributed by atoms with Crippen LogP contribution < -0.4 is 15.8 Å². The first-order chi connectivity index (χ1) is 17.0. The first kappa shape index (κ1) is 25.3. The van der Waals surface area contributed by atoms with Gasteiger partial charge in [-0.3, -0.25) is 4.79 Å². The topological polar surface area (TPSA) is 93.4 Å². The molecule has 190 valence electrons. The molecule has 7 nitrogen and oxygen atoms in total. The Hall–Kier alpha value is -3.82. The molecule has 0 saturated carbocycles. The summed E-state index contributed by atoms with van der Waals surface area (Å²) in [4.78, 5) is 22.6. The van der Waals surface area contributed by atoms with E-state index in [0.717, 1.165) is 23.3 Å². The summed E-state index contributed by atoms with van der Waals surface area (Å²) in [6.45, 7) is 6.16. The number of hydrogen-bond acceptors (Lipinski definition) is 6. The van der Waals surface area contributed by atoms with Gasteiger partial charge in [-0.1, -0.05) is 6.08 Å². The van der Waals surface area contributed by atoms with Crippen LogP contribution in [0, 0.1) is 6.92 Å². The van der Waals surface area contributed by atoms with E-state index in [2.05, 4.69) is 15.3 Å². The molecule has 0 fully saturated rings. The number of nitrogens with two attached hydrogens (primary N) is 1. The maximum Gasteiger partial charge on any atom is 0.416 e. The highest BCUT2D eigenvalue weighted by atomic mass is 19.4. The fraction of sp³-hybridized carbons (Fsp3) is 0.346. The van der Waals surface area contributed by atoms with Crippen LogP contribution >= 0.6 is 0 Å². The molecule has 1 atom stereocenters. The van der Waals surface area contributed by atoms with Crippen molar-refractivity contribution in [1.82, 2.24) is 14.9 Å². The maximum atomic E-state index is 13.3. The van der Waals surface area contributed by atoms with Crippen molar-refractivity contribution in [1.29, 1.82) is 0 Å². The summed E-state index contributed by atoms with van der Waals surface area (Å²) in [6, 6.07) is 6.77. The van der Waals surface area contributed by atoms with Crippen LogP contribution in [-0.4, -0.2) is 41.0 Å². The van der Waals surface area contributed by atoms with E-state index in [4.69, 9.17) is 10.5 Å². The number of halogens is 3. The lowest BCUT2D eigenvalue weighted by molar-refractivity contribution is -0.137. The van der Waals surface area contributed by atoms with Crippen LogP contribution in [0.15, 0.2) is 36.4 Å². The number of rotatable bonds is 5. The van der Waals surface area contributed by atoms with Crippen LogP contribution in [0.4, 0.5) is 24.7 Å². The van der Waals surface area contributed by atoms with E-state index in [0.29, 0.717) is 53.4 Å². The molecular formula is C26H28F3N5O2. The number of hydrogen-bond donors (Lipinski definition) is 2. The van der Waals surface area contributed by atoms with Gasteiger partial charge in [-0.2, -0.15) is 13.2 Å². The van der Waals surface area contributed by atoms with Crippen LogP contribution in [0.3, 0.4) is 0 Å². The summed E-state index contributed by atoms with van der Waals surface area (Å²) in [5, 5.41) is 3.96. The maximum absolute atomic E-state index is 13.3. The van der Waals surface area contributed by atoms with E-state index in [1.165, 1.54) is 6.07 Å². The lowest BCUT2D eigenvalue weighted by Crippen LogP contribution is -2.32. The number of carbonyl (C=O) groups is 1. The van der Waals surface area contributed by atoms with Crippen molar-refractivity contribution in [2.75, 3.05) is 31.2 Å². The second-order valence-electron chi connectivity index (χ2n) is 8.89. The quantitative estimate of drug-likeness (QED) is 0.460. The van der Waals surface area contributed by atoms with Crippen LogP contribution in [-0.2, 0) is 11.0 Å². The molecule has 1 amide bonds. The monoisotopic (exact) mass is 499 g/mol. The molecule has 3 N–H and O–H groups in total. The van der Waals surface area contributed by atoms with Crippen molar-refractivity contribution in [2.45, 2.75) is 39.4 Å².